The van der Waals surface area contributed by atoms with Crippen molar-refractivity contribution < 1.29 is 8.78 Å². The Kier molecular flexibility index (Phi) is 1.88. The van der Waals surface area contributed by atoms with Crippen LogP contribution < -0.4 is 5.69 Å². The zero-order chi connectivity index (χ0) is 10.1. The summed E-state index contributed by atoms with van der Waals surface area (Å²) in [6.07, 6.45) is 1.12. The second-order valence-corrected chi connectivity index (χ2v) is 2.63. The lowest BCUT2D eigenvalue weighted by molar-refractivity contribution is 0.577. The molecule has 0 amide bonds. The summed E-state index contributed by atoms with van der Waals surface area (Å²) in [7, 11) is 0. The van der Waals surface area contributed by atoms with Crippen molar-refractivity contribution in [2.24, 2.45) is 0 Å². The van der Waals surface area contributed by atoms with Gasteiger partial charge in [0, 0.05) is 6.07 Å². The van der Waals surface area contributed by atoms with Crippen molar-refractivity contribution in [3.8, 4) is 5.69 Å². The second-order valence-electron chi connectivity index (χ2n) is 2.63. The molecule has 1 aromatic carbocycles. The normalized spacial score (nSPS) is 10.4. The van der Waals surface area contributed by atoms with E-state index >= 15 is 0 Å². The highest BCUT2D eigenvalue weighted by molar-refractivity contribution is 5.32. The highest BCUT2D eigenvalue weighted by Crippen LogP contribution is 2.11. The fraction of sp³-hybridized carbons (Fsp3) is 0. The van der Waals surface area contributed by atoms with Crippen LogP contribution in [0.15, 0.2) is 29.3 Å². The Morgan fingerprint density at radius 2 is 2.14 bits per heavy atom. The van der Waals surface area contributed by atoms with E-state index in [0.29, 0.717) is 6.07 Å². The highest BCUT2D eigenvalue weighted by Gasteiger charge is 2.07. The molecule has 0 bridgehead atoms. The number of halogens is 2. The van der Waals surface area contributed by atoms with E-state index in [1.165, 1.54) is 6.07 Å². The van der Waals surface area contributed by atoms with E-state index in [0.717, 1.165) is 17.0 Å². The van der Waals surface area contributed by atoms with E-state index in [1.807, 2.05) is 0 Å². The van der Waals surface area contributed by atoms with Crippen LogP contribution in [0.5, 0.6) is 0 Å². The van der Waals surface area contributed by atoms with Crippen molar-refractivity contribution in [1.29, 1.82) is 0 Å². The standard InChI is InChI=1S/C8H5F2N3O/c9-5-1-2-7(6(10)3-5)13-4-11-12-8(13)14/h1-4H,(H,12,14). The molecule has 0 aliphatic carbocycles. The van der Waals surface area contributed by atoms with Crippen LogP contribution in [0.2, 0.25) is 0 Å². The Balaban J connectivity index is 2.63. The van der Waals surface area contributed by atoms with Crippen LogP contribution in [-0.4, -0.2) is 14.8 Å². The molecule has 1 N–H and O–H groups in total. The third kappa shape index (κ3) is 1.30. The Morgan fingerprint density at radius 1 is 1.36 bits per heavy atom. The average molecular weight is 197 g/mol. The number of benzene rings is 1. The molecule has 0 radical (unpaired) electrons. The topological polar surface area (TPSA) is 50.7 Å². The Bertz CT molecular complexity index is 517. The first kappa shape index (κ1) is 8.61. The lowest BCUT2D eigenvalue weighted by atomic mass is 10.3. The van der Waals surface area contributed by atoms with Gasteiger partial charge in [-0.2, -0.15) is 5.10 Å². The van der Waals surface area contributed by atoms with Gasteiger partial charge in [-0.1, -0.05) is 0 Å². The van der Waals surface area contributed by atoms with Gasteiger partial charge < -0.3 is 0 Å². The van der Waals surface area contributed by atoms with E-state index in [2.05, 4.69) is 10.2 Å². The highest BCUT2D eigenvalue weighted by atomic mass is 19.1. The van der Waals surface area contributed by atoms with E-state index < -0.39 is 17.3 Å². The molecule has 0 atom stereocenters. The van der Waals surface area contributed by atoms with Gasteiger partial charge in [0.25, 0.3) is 0 Å². The van der Waals surface area contributed by atoms with Crippen LogP contribution in [0, 0.1) is 11.6 Å². The largest absolute Gasteiger partial charge is 0.347 e. The van der Waals surface area contributed by atoms with Crippen LogP contribution in [0.3, 0.4) is 0 Å². The first-order valence-electron chi connectivity index (χ1n) is 3.76. The number of hydrogen-bond acceptors (Lipinski definition) is 2. The van der Waals surface area contributed by atoms with Crippen molar-refractivity contribution in [1.82, 2.24) is 14.8 Å². The average Bonchev–Trinajstić information content (AvgIpc) is 2.52. The minimum Gasteiger partial charge on any atom is -0.247 e. The number of nitrogens with one attached hydrogen (secondary N) is 1. The predicted octanol–water partition coefficient (Wildman–Crippen LogP) is 0.839. The van der Waals surface area contributed by atoms with Gasteiger partial charge in [-0.05, 0) is 12.1 Å². The van der Waals surface area contributed by atoms with Gasteiger partial charge in [0.15, 0.2) is 0 Å². The number of aromatic amines is 1. The smallest absolute Gasteiger partial charge is 0.247 e. The molecule has 1 heterocycles. The van der Waals surface area contributed by atoms with Crippen LogP contribution >= 0.6 is 0 Å². The minimum atomic E-state index is -0.812. The monoisotopic (exact) mass is 197 g/mol. The van der Waals surface area contributed by atoms with Gasteiger partial charge in [-0.15, -0.1) is 0 Å². The molecule has 2 rings (SSSR count). The van der Waals surface area contributed by atoms with Gasteiger partial charge in [-0.3, -0.25) is 0 Å². The summed E-state index contributed by atoms with van der Waals surface area (Å²) in [6, 6.07) is 2.94. The first-order valence-corrected chi connectivity index (χ1v) is 3.76. The molecule has 0 aliphatic rings. The fourth-order valence-electron chi connectivity index (χ4n) is 1.10. The van der Waals surface area contributed by atoms with Gasteiger partial charge in [0.2, 0.25) is 0 Å². The lowest BCUT2D eigenvalue weighted by Gasteiger charge is -2.00. The molecule has 4 nitrogen and oxygen atoms in total. The summed E-state index contributed by atoms with van der Waals surface area (Å²) in [6.45, 7) is 0. The van der Waals surface area contributed by atoms with Crippen molar-refractivity contribution in [2.75, 3.05) is 0 Å². The number of H-pyrrole nitrogens is 1. The van der Waals surface area contributed by atoms with E-state index in [4.69, 9.17) is 0 Å². The van der Waals surface area contributed by atoms with Crippen molar-refractivity contribution in [3.05, 3.63) is 46.6 Å². The lowest BCUT2D eigenvalue weighted by Crippen LogP contribution is -2.15. The van der Waals surface area contributed by atoms with E-state index in [1.54, 1.807) is 0 Å². The summed E-state index contributed by atoms with van der Waals surface area (Å²) in [5.74, 6) is -1.50. The molecular formula is C8H5F2N3O. The van der Waals surface area contributed by atoms with Crippen LogP contribution in [0.4, 0.5) is 8.78 Å². The van der Waals surface area contributed by atoms with Gasteiger partial charge in [-0.25, -0.2) is 23.2 Å². The number of hydrogen-bond donors (Lipinski definition) is 1. The third-order valence-corrected chi connectivity index (χ3v) is 1.72. The fourth-order valence-corrected chi connectivity index (χ4v) is 1.10. The zero-order valence-electron chi connectivity index (χ0n) is 6.87. The number of aromatic nitrogens is 3. The molecule has 6 heteroatoms. The SMILES string of the molecule is O=c1[nH]ncn1-c1ccc(F)cc1F. The summed E-state index contributed by atoms with van der Waals surface area (Å²) in [5.41, 5.74) is -0.611. The van der Waals surface area contributed by atoms with Gasteiger partial charge in [0.1, 0.15) is 18.0 Å². The number of nitrogens with zero attached hydrogens (tertiary/aromatic N) is 2. The first-order chi connectivity index (χ1) is 6.68. The summed E-state index contributed by atoms with van der Waals surface area (Å²) in [5, 5.41) is 5.53. The maximum atomic E-state index is 13.2. The Hall–Kier alpha value is -1.98. The van der Waals surface area contributed by atoms with Crippen molar-refractivity contribution >= 4 is 0 Å². The third-order valence-electron chi connectivity index (χ3n) is 1.72. The summed E-state index contributed by atoms with van der Waals surface area (Å²) >= 11 is 0. The van der Waals surface area contributed by atoms with E-state index in [9.17, 15) is 13.6 Å². The Labute approximate surface area is 76.8 Å². The molecular weight excluding hydrogens is 192 g/mol. The molecule has 0 spiro atoms. The molecule has 0 saturated heterocycles. The molecule has 72 valence electrons. The molecule has 1 aromatic heterocycles. The molecule has 0 saturated carbocycles. The predicted molar refractivity (Wildman–Crippen MR) is 44.1 cm³/mol. The summed E-state index contributed by atoms with van der Waals surface area (Å²) < 4.78 is 26.6. The second kappa shape index (κ2) is 3.06. The van der Waals surface area contributed by atoms with Crippen molar-refractivity contribution in [3.63, 3.8) is 0 Å². The van der Waals surface area contributed by atoms with Crippen LogP contribution in [0.25, 0.3) is 5.69 Å². The molecule has 0 aliphatic heterocycles. The molecule has 2 aromatic rings. The molecule has 14 heavy (non-hydrogen) atoms. The van der Waals surface area contributed by atoms with Gasteiger partial charge >= 0.3 is 5.69 Å². The maximum absolute atomic E-state index is 13.2. The number of rotatable bonds is 1. The van der Waals surface area contributed by atoms with E-state index in [-0.39, 0.29) is 5.69 Å². The zero-order valence-corrected chi connectivity index (χ0v) is 6.87. The van der Waals surface area contributed by atoms with Crippen LogP contribution in [-0.2, 0) is 0 Å². The maximum Gasteiger partial charge on any atom is 0.347 e. The Morgan fingerprint density at radius 3 is 2.71 bits per heavy atom. The van der Waals surface area contributed by atoms with Gasteiger partial charge in [0.05, 0.1) is 5.69 Å². The van der Waals surface area contributed by atoms with Crippen molar-refractivity contribution in [2.45, 2.75) is 0 Å². The molecule has 0 unspecified atom stereocenters. The quantitative estimate of drug-likeness (QED) is 0.736. The van der Waals surface area contributed by atoms with Crippen LogP contribution in [0.1, 0.15) is 0 Å². The molecule has 0 fully saturated rings. The summed E-state index contributed by atoms with van der Waals surface area (Å²) in [4.78, 5) is 11.0. The minimum absolute atomic E-state index is 0.0369.